The summed E-state index contributed by atoms with van der Waals surface area (Å²) in [5.41, 5.74) is 1.74. The highest BCUT2D eigenvalue weighted by Gasteiger charge is 2.06. The maximum atomic E-state index is 13.4. The lowest BCUT2D eigenvalue weighted by molar-refractivity contribution is 0.185. The molecule has 1 aromatic carbocycles. The molecule has 6 heteroatoms. The number of rotatable bonds is 4. The Labute approximate surface area is 109 Å². The van der Waals surface area contributed by atoms with E-state index in [1.54, 1.807) is 7.11 Å². The van der Waals surface area contributed by atoms with Gasteiger partial charge in [0.25, 0.3) is 0 Å². The molecule has 0 radical (unpaired) electrons. The summed E-state index contributed by atoms with van der Waals surface area (Å²) < 4.78 is 18.4. The van der Waals surface area contributed by atoms with Crippen LogP contribution in [0.2, 0.25) is 5.28 Å². The highest BCUT2D eigenvalue weighted by atomic mass is 35.5. The van der Waals surface area contributed by atoms with Crippen molar-refractivity contribution in [1.29, 1.82) is 0 Å². The highest BCUT2D eigenvalue weighted by Crippen LogP contribution is 2.19. The molecule has 18 heavy (non-hydrogen) atoms. The zero-order chi connectivity index (χ0) is 13.0. The molecule has 0 aliphatic rings. The summed E-state index contributed by atoms with van der Waals surface area (Å²) in [7, 11) is 1.63. The van der Waals surface area contributed by atoms with Gasteiger partial charge >= 0.3 is 0 Å². The average Bonchev–Trinajstić information content (AvgIpc) is 2.37. The third-order valence-electron chi connectivity index (χ3n) is 2.24. The van der Waals surface area contributed by atoms with Gasteiger partial charge in [0.15, 0.2) is 11.6 Å². The van der Waals surface area contributed by atoms with Gasteiger partial charge in [0, 0.05) is 12.8 Å². The number of nitrogens with one attached hydrogen (secondary N) is 1. The maximum Gasteiger partial charge on any atom is 0.224 e. The van der Waals surface area contributed by atoms with Crippen LogP contribution in [0.5, 0.6) is 0 Å². The molecule has 1 aromatic heterocycles. The van der Waals surface area contributed by atoms with Gasteiger partial charge in [-0.1, -0.05) is 12.1 Å². The van der Waals surface area contributed by atoms with Crippen molar-refractivity contribution in [3.63, 3.8) is 0 Å². The molecule has 0 bridgehead atoms. The van der Waals surface area contributed by atoms with Gasteiger partial charge in [0.1, 0.15) is 0 Å². The highest BCUT2D eigenvalue weighted by molar-refractivity contribution is 6.28. The SMILES string of the molecule is COCc1ccc(Nc2nc(Cl)ncc2F)cc1. The second kappa shape index (κ2) is 5.75. The summed E-state index contributed by atoms with van der Waals surface area (Å²) in [6, 6.07) is 7.38. The first-order chi connectivity index (χ1) is 8.69. The Hall–Kier alpha value is -1.72. The lowest BCUT2D eigenvalue weighted by Crippen LogP contribution is -1.99. The molecule has 0 atom stereocenters. The largest absolute Gasteiger partial charge is 0.380 e. The van der Waals surface area contributed by atoms with E-state index < -0.39 is 5.82 Å². The Bertz CT molecular complexity index is 533. The molecule has 0 aliphatic carbocycles. The number of aromatic nitrogens is 2. The normalized spacial score (nSPS) is 10.4. The van der Waals surface area contributed by atoms with Gasteiger partial charge in [-0.3, -0.25) is 0 Å². The molecule has 0 fully saturated rings. The summed E-state index contributed by atoms with van der Waals surface area (Å²) >= 11 is 5.60. The van der Waals surface area contributed by atoms with Crippen molar-refractivity contribution in [2.24, 2.45) is 0 Å². The molecule has 2 rings (SSSR count). The van der Waals surface area contributed by atoms with E-state index in [-0.39, 0.29) is 11.1 Å². The molecular formula is C12H11ClFN3O. The van der Waals surface area contributed by atoms with E-state index in [1.165, 1.54) is 0 Å². The van der Waals surface area contributed by atoms with Crippen LogP contribution in [0.25, 0.3) is 0 Å². The van der Waals surface area contributed by atoms with Gasteiger partial charge in [-0.15, -0.1) is 0 Å². The smallest absolute Gasteiger partial charge is 0.224 e. The minimum absolute atomic E-state index is 0.00472. The molecule has 0 saturated carbocycles. The zero-order valence-corrected chi connectivity index (χ0v) is 10.4. The molecule has 2 aromatic rings. The summed E-state index contributed by atoms with van der Waals surface area (Å²) in [5.74, 6) is -0.505. The Balaban J connectivity index is 2.15. The Morgan fingerprint density at radius 3 is 2.72 bits per heavy atom. The third-order valence-corrected chi connectivity index (χ3v) is 2.42. The number of halogens is 2. The maximum absolute atomic E-state index is 13.4. The molecule has 0 spiro atoms. The fraction of sp³-hybridized carbons (Fsp3) is 0.167. The van der Waals surface area contributed by atoms with E-state index in [2.05, 4.69) is 15.3 Å². The second-order valence-corrected chi connectivity index (χ2v) is 3.93. The minimum Gasteiger partial charge on any atom is -0.380 e. The number of anilines is 2. The lowest BCUT2D eigenvalue weighted by Gasteiger charge is -2.07. The van der Waals surface area contributed by atoms with E-state index in [1.807, 2.05) is 24.3 Å². The fourth-order valence-corrected chi connectivity index (χ4v) is 1.55. The zero-order valence-electron chi connectivity index (χ0n) is 9.65. The summed E-state index contributed by atoms with van der Waals surface area (Å²) in [6.07, 6.45) is 1.02. The number of nitrogens with zero attached hydrogens (tertiary/aromatic N) is 2. The van der Waals surface area contributed by atoms with Crippen LogP contribution in [-0.4, -0.2) is 17.1 Å². The second-order valence-electron chi connectivity index (χ2n) is 3.59. The molecular weight excluding hydrogens is 257 g/mol. The van der Waals surface area contributed by atoms with Crippen molar-refractivity contribution >= 4 is 23.1 Å². The lowest BCUT2D eigenvalue weighted by atomic mass is 10.2. The molecule has 0 aliphatic heterocycles. The summed E-state index contributed by atoms with van der Waals surface area (Å²) in [4.78, 5) is 7.31. The number of hydrogen-bond acceptors (Lipinski definition) is 4. The minimum atomic E-state index is -0.555. The molecule has 1 N–H and O–H groups in total. The molecule has 1 heterocycles. The number of benzene rings is 1. The molecule has 0 saturated heterocycles. The van der Waals surface area contributed by atoms with Crippen molar-refractivity contribution in [3.8, 4) is 0 Å². The van der Waals surface area contributed by atoms with Crippen molar-refractivity contribution in [2.45, 2.75) is 6.61 Å². The van der Waals surface area contributed by atoms with Gasteiger partial charge in [-0.05, 0) is 29.3 Å². The van der Waals surface area contributed by atoms with E-state index in [9.17, 15) is 4.39 Å². The van der Waals surface area contributed by atoms with Gasteiger partial charge < -0.3 is 10.1 Å². The van der Waals surface area contributed by atoms with Gasteiger partial charge in [0.2, 0.25) is 5.28 Å². The van der Waals surface area contributed by atoms with E-state index >= 15 is 0 Å². The number of methoxy groups -OCH3 is 1. The first kappa shape index (κ1) is 12.7. The van der Waals surface area contributed by atoms with E-state index in [0.717, 1.165) is 11.8 Å². The van der Waals surface area contributed by atoms with Crippen molar-refractivity contribution in [1.82, 2.24) is 9.97 Å². The van der Waals surface area contributed by atoms with Crippen LogP contribution in [0.4, 0.5) is 15.9 Å². The first-order valence-electron chi connectivity index (χ1n) is 5.22. The predicted octanol–water partition coefficient (Wildman–Crippen LogP) is 3.16. The van der Waals surface area contributed by atoms with Crippen molar-refractivity contribution in [3.05, 3.63) is 47.1 Å². The topological polar surface area (TPSA) is 47.0 Å². The average molecular weight is 268 g/mol. The molecule has 0 unspecified atom stereocenters. The quantitative estimate of drug-likeness (QED) is 0.865. The van der Waals surface area contributed by atoms with Crippen LogP contribution < -0.4 is 5.32 Å². The Kier molecular flexibility index (Phi) is 4.07. The summed E-state index contributed by atoms with van der Waals surface area (Å²) in [6.45, 7) is 0.536. The number of hydrogen-bond donors (Lipinski definition) is 1. The molecule has 0 amide bonds. The van der Waals surface area contributed by atoms with Gasteiger partial charge in [-0.2, -0.15) is 4.98 Å². The molecule has 4 nitrogen and oxygen atoms in total. The Morgan fingerprint density at radius 2 is 2.06 bits per heavy atom. The third kappa shape index (κ3) is 3.15. The molecule has 94 valence electrons. The number of ether oxygens (including phenoxy) is 1. The van der Waals surface area contributed by atoms with E-state index in [4.69, 9.17) is 16.3 Å². The van der Waals surface area contributed by atoms with Crippen molar-refractivity contribution in [2.75, 3.05) is 12.4 Å². The first-order valence-corrected chi connectivity index (χ1v) is 5.60. The summed E-state index contributed by atoms with van der Waals surface area (Å²) in [5, 5.41) is 2.83. The fourth-order valence-electron chi connectivity index (χ4n) is 1.42. The van der Waals surface area contributed by atoms with Crippen molar-refractivity contribution < 1.29 is 9.13 Å². The van der Waals surface area contributed by atoms with Crippen LogP contribution in [0.15, 0.2) is 30.5 Å². The van der Waals surface area contributed by atoms with Gasteiger partial charge in [-0.25, -0.2) is 9.37 Å². The van der Waals surface area contributed by atoms with Crippen LogP contribution in [0, 0.1) is 5.82 Å². The monoisotopic (exact) mass is 267 g/mol. The van der Waals surface area contributed by atoms with Crippen LogP contribution in [0.3, 0.4) is 0 Å². The van der Waals surface area contributed by atoms with Crippen LogP contribution in [-0.2, 0) is 11.3 Å². The van der Waals surface area contributed by atoms with E-state index in [0.29, 0.717) is 12.3 Å². The predicted molar refractivity (Wildman–Crippen MR) is 67.4 cm³/mol. The standard InChI is InChI=1S/C12H11ClFN3O/c1-18-7-8-2-4-9(5-3-8)16-11-10(14)6-15-12(13)17-11/h2-6H,7H2,1H3,(H,15,16,17). The van der Waals surface area contributed by atoms with Crippen LogP contribution >= 0.6 is 11.6 Å². The Morgan fingerprint density at radius 1 is 1.33 bits per heavy atom. The van der Waals surface area contributed by atoms with Gasteiger partial charge in [0.05, 0.1) is 12.8 Å². The van der Waals surface area contributed by atoms with Crippen LogP contribution in [0.1, 0.15) is 5.56 Å².